The van der Waals surface area contributed by atoms with E-state index in [9.17, 15) is 9.59 Å². The first-order valence-electron chi connectivity index (χ1n) is 4.65. The molecule has 0 saturated carbocycles. The largest absolute Gasteiger partial charge is 0.357 e. The van der Waals surface area contributed by atoms with E-state index in [0.29, 0.717) is 6.42 Å². The zero-order valence-corrected chi connectivity index (χ0v) is 8.69. The van der Waals surface area contributed by atoms with E-state index in [1.165, 1.54) is 14.0 Å². The number of carbonyl (C=O) groups is 2. The van der Waals surface area contributed by atoms with Gasteiger partial charge in [-0.05, 0) is 0 Å². The summed E-state index contributed by atoms with van der Waals surface area (Å²) in [5, 5.41) is 12.0. The van der Waals surface area contributed by atoms with Gasteiger partial charge in [-0.1, -0.05) is 0 Å². The molecule has 0 bridgehead atoms. The van der Waals surface area contributed by atoms with Crippen molar-refractivity contribution < 1.29 is 14.4 Å². The zero-order valence-electron chi connectivity index (χ0n) is 8.69. The highest BCUT2D eigenvalue weighted by Crippen LogP contribution is 2.23. The van der Waals surface area contributed by atoms with Gasteiger partial charge in [0.15, 0.2) is 0 Å². The molecule has 1 saturated heterocycles. The van der Waals surface area contributed by atoms with Crippen molar-refractivity contribution in [1.82, 2.24) is 10.4 Å². The van der Waals surface area contributed by atoms with E-state index in [1.54, 1.807) is 0 Å². The minimum Gasteiger partial charge on any atom is -0.357 e. The van der Waals surface area contributed by atoms with Crippen LogP contribution in [-0.4, -0.2) is 36.1 Å². The third-order valence-electron chi connectivity index (χ3n) is 2.21. The van der Waals surface area contributed by atoms with Gasteiger partial charge in [0.05, 0.1) is 12.5 Å². The lowest BCUT2D eigenvalue weighted by molar-refractivity contribution is -0.187. The molecule has 82 valence electrons. The molecule has 1 heterocycles. The lowest BCUT2D eigenvalue weighted by Crippen LogP contribution is -2.43. The minimum atomic E-state index is -0.620. The molecule has 0 aromatic carbocycles. The fourth-order valence-electron chi connectivity index (χ4n) is 1.52. The smallest absolute Gasteiger partial charge is 0.245 e. The summed E-state index contributed by atoms with van der Waals surface area (Å²) in [5.74, 6) is -0.602. The molecule has 0 unspecified atom stereocenters. The Hall–Kier alpha value is -1.61. The number of hydrogen-bond donors (Lipinski definition) is 1. The van der Waals surface area contributed by atoms with Gasteiger partial charge in [-0.25, -0.2) is 5.06 Å². The van der Waals surface area contributed by atoms with Crippen LogP contribution in [0.3, 0.4) is 0 Å². The average Bonchev–Trinajstić information content (AvgIpc) is 2.61. The number of nitrogens with zero attached hydrogens (tertiary/aromatic N) is 2. The third-order valence-corrected chi connectivity index (χ3v) is 2.21. The van der Waals surface area contributed by atoms with Gasteiger partial charge in [-0.2, -0.15) is 5.26 Å². The van der Waals surface area contributed by atoms with Crippen LogP contribution in [0.25, 0.3) is 0 Å². The number of nitrogens with one attached hydrogen (secondary N) is 1. The average molecular weight is 211 g/mol. The molecule has 6 heteroatoms. The van der Waals surface area contributed by atoms with Crippen molar-refractivity contribution in [3.05, 3.63) is 0 Å². The maximum atomic E-state index is 11.4. The Morgan fingerprint density at radius 1 is 1.67 bits per heavy atom. The van der Waals surface area contributed by atoms with Gasteiger partial charge in [0, 0.05) is 20.4 Å². The van der Waals surface area contributed by atoms with Crippen LogP contribution in [0.5, 0.6) is 0 Å². The van der Waals surface area contributed by atoms with Crippen molar-refractivity contribution in [2.24, 2.45) is 0 Å². The SMILES string of the molecule is CNC(=O)[C@@H]1C[C@@H](CC#N)ON1C(C)=O. The maximum absolute atomic E-state index is 11.4. The van der Waals surface area contributed by atoms with Gasteiger partial charge in [0.2, 0.25) is 11.8 Å². The van der Waals surface area contributed by atoms with Crippen molar-refractivity contribution in [2.75, 3.05) is 7.05 Å². The fraction of sp³-hybridized carbons (Fsp3) is 0.667. The van der Waals surface area contributed by atoms with E-state index in [0.717, 1.165) is 5.06 Å². The molecular formula is C9H13N3O3. The Morgan fingerprint density at radius 2 is 2.33 bits per heavy atom. The van der Waals surface area contributed by atoms with Crippen molar-refractivity contribution in [3.63, 3.8) is 0 Å². The first-order chi connectivity index (χ1) is 7.10. The van der Waals surface area contributed by atoms with Gasteiger partial charge in [0.1, 0.15) is 12.1 Å². The Bertz CT molecular complexity index is 310. The Kier molecular flexibility index (Phi) is 3.63. The van der Waals surface area contributed by atoms with Crippen LogP contribution >= 0.6 is 0 Å². The van der Waals surface area contributed by atoms with Crippen molar-refractivity contribution >= 4 is 11.8 Å². The predicted molar refractivity (Wildman–Crippen MR) is 50.1 cm³/mol. The second kappa shape index (κ2) is 4.75. The monoisotopic (exact) mass is 211 g/mol. The molecule has 6 nitrogen and oxygen atoms in total. The number of carbonyl (C=O) groups excluding carboxylic acids is 2. The van der Waals surface area contributed by atoms with Crippen LogP contribution in [0.2, 0.25) is 0 Å². The molecule has 0 spiro atoms. The first kappa shape index (κ1) is 11.5. The summed E-state index contributed by atoms with van der Waals surface area (Å²) in [5.41, 5.74) is 0. The van der Waals surface area contributed by atoms with Crippen molar-refractivity contribution in [3.8, 4) is 6.07 Å². The molecule has 1 aliphatic heterocycles. The number of nitriles is 1. The van der Waals surface area contributed by atoms with Crippen LogP contribution in [0.4, 0.5) is 0 Å². The molecule has 2 atom stereocenters. The molecule has 0 aliphatic carbocycles. The molecule has 15 heavy (non-hydrogen) atoms. The highest BCUT2D eigenvalue weighted by atomic mass is 16.7. The van der Waals surface area contributed by atoms with Crippen LogP contribution in [0.15, 0.2) is 0 Å². The van der Waals surface area contributed by atoms with Crippen LogP contribution in [0.1, 0.15) is 19.8 Å². The standard InChI is InChI=1S/C9H13N3O3/c1-6(13)12-8(9(14)11-2)5-7(15-12)3-4-10/h7-8H,3,5H2,1-2H3,(H,11,14)/t7-,8+/m1/s1. The van der Waals surface area contributed by atoms with E-state index >= 15 is 0 Å². The Labute approximate surface area is 87.7 Å². The molecule has 1 N–H and O–H groups in total. The lowest BCUT2D eigenvalue weighted by atomic mass is 10.1. The molecule has 1 fully saturated rings. The quantitative estimate of drug-likeness (QED) is 0.671. The lowest BCUT2D eigenvalue weighted by Gasteiger charge is -2.19. The van der Waals surface area contributed by atoms with E-state index in [2.05, 4.69) is 5.32 Å². The van der Waals surface area contributed by atoms with Gasteiger partial charge in [-0.3, -0.25) is 14.4 Å². The topological polar surface area (TPSA) is 82.4 Å². The van der Waals surface area contributed by atoms with E-state index in [-0.39, 0.29) is 24.3 Å². The van der Waals surface area contributed by atoms with Crippen molar-refractivity contribution in [1.29, 1.82) is 5.26 Å². The number of hydroxylamine groups is 2. The number of likely N-dealkylation sites (N-methyl/N-ethyl adjacent to an activating group) is 1. The number of hydrogen-bond acceptors (Lipinski definition) is 4. The van der Waals surface area contributed by atoms with E-state index < -0.39 is 6.04 Å². The molecule has 1 aliphatic rings. The number of amides is 2. The summed E-state index contributed by atoms with van der Waals surface area (Å²) in [6.45, 7) is 1.32. The van der Waals surface area contributed by atoms with Crippen molar-refractivity contribution in [2.45, 2.75) is 31.9 Å². The van der Waals surface area contributed by atoms with Gasteiger partial charge in [0.25, 0.3) is 0 Å². The first-order valence-corrected chi connectivity index (χ1v) is 4.65. The second-order valence-corrected chi connectivity index (χ2v) is 3.30. The summed E-state index contributed by atoms with van der Waals surface area (Å²) in [6.07, 6.45) is 0.172. The predicted octanol–water partition coefficient (Wildman–Crippen LogP) is -0.433. The fourth-order valence-corrected chi connectivity index (χ4v) is 1.52. The Balaban J connectivity index is 2.72. The number of rotatable bonds is 2. The van der Waals surface area contributed by atoms with Gasteiger partial charge < -0.3 is 5.32 Å². The second-order valence-electron chi connectivity index (χ2n) is 3.30. The van der Waals surface area contributed by atoms with E-state index in [1.807, 2.05) is 6.07 Å². The van der Waals surface area contributed by atoms with Gasteiger partial charge in [-0.15, -0.1) is 0 Å². The molecule has 0 aromatic heterocycles. The minimum absolute atomic E-state index is 0.178. The summed E-state index contributed by atoms with van der Waals surface area (Å²) in [7, 11) is 1.50. The summed E-state index contributed by atoms with van der Waals surface area (Å²) in [4.78, 5) is 27.8. The highest BCUT2D eigenvalue weighted by molar-refractivity contribution is 5.86. The normalized spacial score (nSPS) is 24.7. The third kappa shape index (κ3) is 2.44. The van der Waals surface area contributed by atoms with Crippen LogP contribution < -0.4 is 5.32 Å². The maximum Gasteiger partial charge on any atom is 0.245 e. The zero-order chi connectivity index (χ0) is 11.4. The summed E-state index contributed by atoms with van der Waals surface area (Å²) < 4.78 is 0. The van der Waals surface area contributed by atoms with E-state index in [4.69, 9.17) is 10.1 Å². The molecule has 0 radical (unpaired) electrons. The molecular weight excluding hydrogens is 198 g/mol. The summed E-state index contributed by atoms with van der Waals surface area (Å²) in [6, 6.07) is 1.33. The molecule has 0 aromatic rings. The molecule has 2 amide bonds. The Morgan fingerprint density at radius 3 is 2.80 bits per heavy atom. The van der Waals surface area contributed by atoms with Gasteiger partial charge >= 0.3 is 0 Å². The molecule has 1 rings (SSSR count). The highest BCUT2D eigenvalue weighted by Gasteiger charge is 2.39. The van der Waals surface area contributed by atoms with Crippen LogP contribution in [0, 0.1) is 11.3 Å². The summed E-state index contributed by atoms with van der Waals surface area (Å²) >= 11 is 0. The van der Waals surface area contributed by atoms with Crippen LogP contribution in [-0.2, 0) is 14.4 Å².